The average molecular weight is 408 g/mol. The van der Waals surface area contributed by atoms with E-state index in [-0.39, 0.29) is 25.0 Å². The first-order chi connectivity index (χ1) is 11.0. The Morgan fingerprint density at radius 2 is 2.22 bits per heavy atom. The number of halogens is 1. The van der Waals surface area contributed by atoms with E-state index < -0.39 is 10.2 Å². The predicted octanol–water partition coefficient (Wildman–Crippen LogP) is 1.39. The van der Waals surface area contributed by atoms with Gasteiger partial charge in [-0.3, -0.25) is 4.72 Å². The quantitative estimate of drug-likeness (QED) is 0.565. The van der Waals surface area contributed by atoms with Crippen LogP contribution in [0.15, 0.2) is 27.4 Å². The lowest BCUT2D eigenvalue weighted by Crippen LogP contribution is -2.39. The summed E-state index contributed by atoms with van der Waals surface area (Å²) in [5.41, 5.74) is 0.473. The van der Waals surface area contributed by atoms with Gasteiger partial charge in [0.2, 0.25) is 5.90 Å². The molecular weight excluding hydrogens is 386 g/mol. The summed E-state index contributed by atoms with van der Waals surface area (Å²) in [7, 11) is -3.65. The molecule has 2 aliphatic rings. The number of nitrogens with one attached hydrogen (secondary N) is 2. The van der Waals surface area contributed by atoms with Gasteiger partial charge in [0.05, 0.1) is 12.3 Å². The maximum Gasteiger partial charge on any atom is 0.298 e. The van der Waals surface area contributed by atoms with Gasteiger partial charge < -0.3 is 9.84 Å². The minimum Gasteiger partial charge on any atom is -0.474 e. The molecule has 0 bridgehead atoms. The summed E-state index contributed by atoms with van der Waals surface area (Å²) >= 11 is 3.38. The van der Waals surface area contributed by atoms with Crippen LogP contribution in [0.25, 0.3) is 0 Å². The van der Waals surface area contributed by atoms with Crippen molar-refractivity contribution in [2.45, 2.75) is 26.2 Å². The molecule has 0 aromatic rings. The number of aliphatic hydroxyl groups is 1. The van der Waals surface area contributed by atoms with Crippen molar-refractivity contribution in [3.05, 3.63) is 22.5 Å². The molecule has 0 radical (unpaired) electrons. The predicted molar refractivity (Wildman–Crippen MR) is 92.1 cm³/mol. The highest BCUT2D eigenvalue weighted by Gasteiger charge is 2.27. The van der Waals surface area contributed by atoms with Crippen LogP contribution in [0.4, 0.5) is 0 Å². The lowest BCUT2D eigenvalue weighted by Gasteiger charge is -2.19. The number of aliphatic hydroxyl groups excluding tert-OH is 1. The molecule has 23 heavy (non-hydrogen) atoms. The van der Waals surface area contributed by atoms with E-state index in [4.69, 9.17) is 9.84 Å². The molecule has 0 amide bonds. The van der Waals surface area contributed by atoms with Gasteiger partial charge >= 0.3 is 0 Å². The van der Waals surface area contributed by atoms with Crippen molar-refractivity contribution in [2.75, 3.05) is 19.8 Å². The van der Waals surface area contributed by atoms with Gasteiger partial charge in [-0.25, -0.2) is 4.99 Å². The highest BCUT2D eigenvalue weighted by atomic mass is 79.9. The van der Waals surface area contributed by atoms with Gasteiger partial charge in [0.15, 0.2) is 0 Å². The van der Waals surface area contributed by atoms with Crippen molar-refractivity contribution in [2.24, 2.45) is 16.8 Å². The molecule has 1 atom stereocenters. The van der Waals surface area contributed by atoms with Gasteiger partial charge in [0, 0.05) is 18.7 Å². The van der Waals surface area contributed by atoms with Gasteiger partial charge in [-0.1, -0.05) is 13.0 Å². The van der Waals surface area contributed by atoms with Crippen LogP contribution in [0, 0.1) is 11.8 Å². The van der Waals surface area contributed by atoms with Gasteiger partial charge in [-0.2, -0.15) is 13.1 Å². The second kappa shape index (κ2) is 8.27. The summed E-state index contributed by atoms with van der Waals surface area (Å²) in [6.45, 7) is 2.35. The molecule has 2 rings (SSSR count). The molecule has 130 valence electrons. The number of hydrogen-bond donors (Lipinski definition) is 3. The largest absolute Gasteiger partial charge is 0.474 e. The first-order valence-corrected chi connectivity index (χ1v) is 9.90. The van der Waals surface area contributed by atoms with Crippen molar-refractivity contribution in [3.8, 4) is 0 Å². The van der Waals surface area contributed by atoms with E-state index in [1.54, 1.807) is 6.20 Å². The fourth-order valence-corrected chi connectivity index (χ4v) is 3.89. The van der Waals surface area contributed by atoms with Gasteiger partial charge in [-0.15, -0.1) is 0 Å². The van der Waals surface area contributed by atoms with E-state index in [1.807, 2.05) is 13.0 Å². The fourth-order valence-electron chi connectivity index (χ4n) is 2.08. The summed E-state index contributed by atoms with van der Waals surface area (Å²) in [6, 6.07) is 0. The third kappa shape index (κ3) is 5.59. The highest BCUT2D eigenvalue weighted by Crippen LogP contribution is 2.29. The molecule has 1 heterocycles. The number of rotatable bonds is 8. The van der Waals surface area contributed by atoms with Gasteiger partial charge in [0.1, 0.15) is 11.1 Å². The van der Waals surface area contributed by atoms with Gasteiger partial charge in [0.25, 0.3) is 10.2 Å². The summed E-state index contributed by atoms with van der Waals surface area (Å²) in [5, 5.41) is 8.88. The summed E-state index contributed by atoms with van der Waals surface area (Å²) in [5.74, 6) is 0.553. The van der Waals surface area contributed by atoms with Crippen LogP contribution in [0.3, 0.4) is 0 Å². The van der Waals surface area contributed by atoms with Crippen LogP contribution >= 0.6 is 15.9 Å². The van der Waals surface area contributed by atoms with E-state index in [9.17, 15) is 8.42 Å². The summed E-state index contributed by atoms with van der Waals surface area (Å²) in [6.07, 6.45) is 6.24. The Morgan fingerprint density at radius 1 is 1.48 bits per heavy atom. The van der Waals surface area contributed by atoms with E-state index in [0.717, 1.165) is 12.8 Å². The molecule has 0 aromatic carbocycles. The zero-order chi connectivity index (χ0) is 16.9. The maximum atomic E-state index is 12.2. The Balaban J connectivity index is 2.18. The third-order valence-corrected chi connectivity index (χ3v) is 5.38. The van der Waals surface area contributed by atoms with Crippen molar-refractivity contribution in [1.82, 2.24) is 9.44 Å². The summed E-state index contributed by atoms with van der Waals surface area (Å²) < 4.78 is 35.5. The molecule has 1 aliphatic heterocycles. The average Bonchev–Trinajstić information content (AvgIpc) is 3.34. The Bertz CT molecular complexity index is 612. The van der Waals surface area contributed by atoms with Crippen LogP contribution in [0.2, 0.25) is 0 Å². The molecule has 3 N–H and O–H groups in total. The van der Waals surface area contributed by atoms with E-state index in [2.05, 4.69) is 30.4 Å². The highest BCUT2D eigenvalue weighted by molar-refractivity contribution is 9.12. The molecule has 7 nitrogen and oxygen atoms in total. The van der Waals surface area contributed by atoms with E-state index >= 15 is 0 Å². The zero-order valence-corrected chi connectivity index (χ0v) is 15.4. The molecule has 0 spiro atoms. The molecule has 0 saturated heterocycles. The minimum atomic E-state index is -3.65. The lowest BCUT2D eigenvalue weighted by molar-refractivity contribution is 0.194. The number of allylic oxidation sites excluding steroid dienone is 1. The normalized spacial score (nSPS) is 21.9. The van der Waals surface area contributed by atoms with Crippen LogP contribution < -0.4 is 9.44 Å². The van der Waals surface area contributed by atoms with Gasteiger partial charge in [-0.05, 0) is 41.1 Å². The Labute approximate surface area is 145 Å². The maximum absolute atomic E-state index is 12.2. The van der Waals surface area contributed by atoms with Crippen molar-refractivity contribution in [3.63, 3.8) is 0 Å². The van der Waals surface area contributed by atoms with Crippen LogP contribution in [0.5, 0.6) is 0 Å². The molecular formula is C14H22BrN3O4S. The first kappa shape index (κ1) is 18.4. The molecule has 1 fully saturated rings. The lowest BCUT2D eigenvalue weighted by atomic mass is 10.0. The van der Waals surface area contributed by atoms with Crippen molar-refractivity contribution < 1.29 is 18.3 Å². The van der Waals surface area contributed by atoms with Crippen LogP contribution in [-0.2, 0) is 14.9 Å². The molecule has 1 saturated carbocycles. The molecule has 9 heteroatoms. The summed E-state index contributed by atoms with van der Waals surface area (Å²) in [4.78, 5) is 4.15. The Morgan fingerprint density at radius 3 is 2.83 bits per heavy atom. The number of hydrogen-bond acceptors (Lipinski definition) is 5. The Kier molecular flexibility index (Phi) is 6.63. The number of aliphatic imine (C=N–C) groups is 1. The fraction of sp³-hybridized carbons (Fsp3) is 0.643. The Hall–Kier alpha value is -0.900. The second-order valence-electron chi connectivity index (χ2n) is 5.49. The van der Waals surface area contributed by atoms with Crippen molar-refractivity contribution in [1.29, 1.82) is 0 Å². The monoisotopic (exact) mass is 407 g/mol. The van der Waals surface area contributed by atoms with Crippen LogP contribution in [-0.4, -0.2) is 39.2 Å². The third-order valence-electron chi connectivity index (χ3n) is 3.58. The molecule has 1 unspecified atom stereocenters. The number of ether oxygens (including phenoxy) is 1. The van der Waals surface area contributed by atoms with E-state index in [0.29, 0.717) is 29.1 Å². The minimum absolute atomic E-state index is 0.0819. The number of nitrogens with zero attached hydrogens (tertiary/aromatic N) is 1. The topological polar surface area (TPSA) is 100 Å². The smallest absolute Gasteiger partial charge is 0.298 e. The standard InChI is InChI=1S/C14H22BrN3O4S/c1-2-11-5-6-16-14(22-8-7-19)12(15)13(11)18-23(20,21)17-9-10-3-4-10/h5-6,10-11,17-19H,2-4,7-9H2,1H3. The van der Waals surface area contributed by atoms with E-state index in [1.165, 1.54) is 0 Å². The van der Waals surface area contributed by atoms with Crippen molar-refractivity contribution >= 4 is 32.0 Å². The SMILES string of the molecule is CCC1C=CN=C(OCCO)C(Br)=C1NS(=O)(=O)NCC1CC1. The second-order valence-corrected chi connectivity index (χ2v) is 7.78. The van der Waals surface area contributed by atoms with Crippen LogP contribution in [0.1, 0.15) is 26.2 Å². The first-order valence-electron chi connectivity index (χ1n) is 7.62. The molecule has 1 aliphatic carbocycles. The zero-order valence-electron chi connectivity index (χ0n) is 13.0. The molecule has 0 aromatic heterocycles.